The highest BCUT2D eigenvalue weighted by Crippen LogP contribution is 2.26. The van der Waals surface area contributed by atoms with E-state index < -0.39 is 26.6 Å². The van der Waals surface area contributed by atoms with Crippen LogP contribution in [0.15, 0.2) is 41.3 Å². The Balaban J connectivity index is 2.20. The third-order valence-electron chi connectivity index (χ3n) is 4.18. The number of carbonyl (C=O) groups excluding carboxylic acids is 1. The molecular weight excluding hydrogens is 388 g/mol. The zero-order valence-electron chi connectivity index (χ0n) is 16.2. The molecule has 154 valence electrons. The number of hydrogen-bond donors (Lipinski definition) is 0. The molecule has 0 spiro atoms. The highest BCUT2D eigenvalue weighted by atomic mass is 32.2. The number of rotatable bonds is 6. The Labute approximate surface area is 164 Å². The molecule has 1 aliphatic heterocycles. The van der Waals surface area contributed by atoms with Crippen molar-refractivity contribution in [3.8, 4) is 0 Å². The molecule has 0 fully saturated rings. The average Bonchev–Trinajstić information content (AvgIpc) is 2.65. The van der Waals surface area contributed by atoms with Crippen molar-refractivity contribution in [2.75, 3.05) is 20.3 Å². The number of sulfonamides is 1. The monoisotopic (exact) mass is 412 g/mol. The summed E-state index contributed by atoms with van der Waals surface area (Å²) in [6.07, 6.45) is 2.52. The van der Waals surface area contributed by atoms with Crippen LogP contribution in [0.5, 0.6) is 0 Å². The molecule has 0 aromatic heterocycles. The van der Waals surface area contributed by atoms with E-state index in [2.05, 4.69) is 0 Å². The molecule has 0 saturated heterocycles. The van der Waals surface area contributed by atoms with Crippen LogP contribution in [0.3, 0.4) is 0 Å². The van der Waals surface area contributed by atoms with Crippen LogP contribution in [0.25, 0.3) is 0 Å². The summed E-state index contributed by atoms with van der Waals surface area (Å²) in [6, 6.07) is 4.65. The van der Waals surface area contributed by atoms with E-state index in [4.69, 9.17) is 9.47 Å². The lowest BCUT2D eigenvalue weighted by molar-refractivity contribution is -0.384. The van der Waals surface area contributed by atoms with Gasteiger partial charge in [-0.05, 0) is 39.0 Å². The molecule has 0 bridgehead atoms. The van der Waals surface area contributed by atoms with Crippen molar-refractivity contribution in [1.82, 2.24) is 4.31 Å². The van der Waals surface area contributed by atoms with E-state index in [1.54, 1.807) is 32.9 Å². The van der Waals surface area contributed by atoms with Crippen LogP contribution in [0.1, 0.15) is 20.8 Å². The predicted molar refractivity (Wildman–Crippen MR) is 101 cm³/mol. The molecule has 10 heteroatoms. The van der Waals surface area contributed by atoms with Gasteiger partial charge in [0.25, 0.3) is 5.69 Å². The molecule has 0 radical (unpaired) electrons. The van der Waals surface area contributed by atoms with Gasteiger partial charge in [-0.2, -0.15) is 4.31 Å². The second kappa shape index (κ2) is 8.38. The van der Waals surface area contributed by atoms with Crippen molar-refractivity contribution in [3.63, 3.8) is 0 Å². The number of nitro benzene ring substituents is 1. The van der Waals surface area contributed by atoms with Gasteiger partial charge in [-0.3, -0.25) is 14.9 Å². The first-order valence-corrected chi connectivity index (χ1v) is 10.1. The summed E-state index contributed by atoms with van der Waals surface area (Å²) < 4.78 is 37.7. The van der Waals surface area contributed by atoms with Crippen molar-refractivity contribution >= 4 is 21.7 Å². The van der Waals surface area contributed by atoms with Gasteiger partial charge < -0.3 is 9.47 Å². The molecule has 2 rings (SSSR count). The van der Waals surface area contributed by atoms with E-state index in [-0.39, 0.29) is 35.6 Å². The average molecular weight is 412 g/mol. The van der Waals surface area contributed by atoms with E-state index in [1.807, 2.05) is 0 Å². The van der Waals surface area contributed by atoms with Crippen molar-refractivity contribution in [2.24, 2.45) is 11.3 Å². The first kappa shape index (κ1) is 22.0. The van der Waals surface area contributed by atoms with Crippen LogP contribution >= 0.6 is 0 Å². The predicted octanol–water partition coefficient (Wildman–Crippen LogP) is 2.33. The number of carbonyl (C=O) groups is 1. The largest absolute Gasteiger partial charge is 0.465 e. The molecule has 1 heterocycles. The lowest BCUT2D eigenvalue weighted by Crippen LogP contribution is -2.46. The Bertz CT molecular complexity index is 857. The fourth-order valence-electron chi connectivity index (χ4n) is 2.56. The Morgan fingerprint density at radius 2 is 1.86 bits per heavy atom. The Hall–Kier alpha value is -2.30. The molecule has 1 aliphatic rings. The maximum absolute atomic E-state index is 13.0. The molecule has 0 saturated carbocycles. The molecule has 9 nitrogen and oxygen atoms in total. The van der Waals surface area contributed by atoms with Gasteiger partial charge >= 0.3 is 5.97 Å². The number of hydrogen-bond acceptors (Lipinski definition) is 7. The van der Waals surface area contributed by atoms with Gasteiger partial charge in [0.05, 0.1) is 21.8 Å². The standard InChI is InChI=1S/C18H24N2O7S/c1-18(2,3)17(21)27-12-13-5-10-16(26-4)19(11-13)28(24,25)15-8-6-14(7-9-15)20(22)23/h5-10,13,16H,11-12H2,1-4H3/t13-,16?/m1/s1. The lowest BCUT2D eigenvalue weighted by Gasteiger charge is -2.34. The summed E-state index contributed by atoms with van der Waals surface area (Å²) in [4.78, 5) is 22.1. The molecule has 0 aliphatic carbocycles. The molecule has 2 atom stereocenters. The maximum Gasteiger partial charge on any atom is 0.311 e. The molecule has 0 amide bonds. The summed E-state index contributed by atoms with van der Waals surface area (Å²) >= 11 is 0. The minimum absolute atomic E-state index is 0.0370. The second-order valence-corrected chi connectivity index (χ2v) is 9.34. The van der Waals surface area contributed by atoms with Gasteiger partial charge in [-0.15, -0.1) is 0 Å². The van der Waals surface area contributed by atoms with E-state index in [9.17, 15) is 23.3 Å². The SMILES string of the molecule is COC1C=C[C@@H](COC(=O)C(C)(C)C)CN1S(=O)(=O)c1ccc([N+](=O)[O-])cc1. The quantitative estimate of drug-likeness (QED) is 0.305. The molecule has 1 aromatic rings. The number of ether oxygens (including phenoxy) is 2. The zero-order valence-corrected chi connectivity index (χ0v) is 17.0. The Morgan fingerprint density at radius 1 is 1.25 bits per heavy atom. The van der Waals surface area contributed by atoms with Crippen LogP contribution in [0.4, 0.5) is 5.69 Å². The fourth-order valence-corrected chi connectivity index (χ4v) is 4.13. The minimum Gasteiger partial charge on any atom is -0.465 e. The number of esters is 1. The van der Waals surface area contributed by atoms with Crippen LogP contribution in [-0.4, -0.2) is 50.1 Å². The third kappa shape index (κ3) is 4.94. The van der Waals surface area contributed by atoms with Gasteiger partial charge in [0.15, 0.2) is 0 Å². The van der Waals surface area contributed by atoms with E-state index in [0.29, 0.717) is 0 Å². The highest BCUT2D eigenvalue weighted by molar-refractivity contribution is 7.89. The van der Waals surface area contributed by atoms with Gasteiger partial charge in [-0.25, -0.2) is 8.42 Å². The topological polar surface area (TPSA) is 116 Å². The first-order valence-electron chi connectivity index (χ1n) is 8.61. The normalized spacial score (nSPS) is 20.7. The Kier molecular flexibility index (Phi) is 6.58. The van der Waals surface area contributed by atoms with E-state index in [1.165, 1.54) is 19.2 Å². The van der Waals surface area contributed by atoms with Crippen LogP contribution < -0.4 is 0 Å². The first-order chi connectivity index (χ1) is 13.0. The summed E-state index contributed by atoms with van der Waals surface area (Å²) in [5.74, 6) is -0.718. The number of methoxy groups -OCH3 is 1. The Morgan fingerprint density at radius 3 is 2.36 bits per heavy atom. The zero-order chi connectivity index (χ0) is 21.1. The summed E-state index contributed by atoms with van der Waals surface area (Å²) in [6.45, 7) is 5.29. The third-order valence-corrected chi connectivity index (χ3v) is 6.02. The van der Waals surface area contributed by atoms with Crippen LogP contribution in [-0.2, 0) is 24.3 Å². The van der Waals surface area contributed by atoms with E-state index >= 15 is 0 Å². The van der Waals surface area contributed by atoms with Gasteiger partial charge in [0.1, 0.15) is 6.23 Å². The number of benzene rings is 1. The lowest BCUT2D eigenvalue weighted by atomic mass is 9.97. The highest BCUT2D eigenvalue weighted by Gasteiger charge is 2.35. The molecule has 28 heavy (non-hydrogen) atoms. The smallest absolute Gasteiger partial charge is 0.311 e. The summed E-state index contributed by atoms with van der Waals surface area (Å²) in [7, 11) is -2.59. The molecule has 1 unspecified atom stereocenters. The molecule has 1 aromatic carbocycles. The fraction of sp³-hybridized carbons (Fsp3) is 0.500. The molecular formula is C18H24N2O7S. The second-order valence-electron chi connectivity index (χ2n) is 7.45. The van der Waals surface area contributed by atoms with Crippen LogP contribution in [0.2, 0.25) is 0 Å². The van der Waals surface area contributed by atoms with Gasteiger partial charge in [0, 0.05) is 31.7 Å². The van der Waals surface area contributed by atoms with Crippen molar-refractivity contribution in [2.45, 2.75) is 31.9 Å². The summed E-state index contributed by atoms with van der Waals surface area (Å²) in [5, 5.41) is 10.8. The molecule has 0 N–H and O–H groups in total. The number of nitro groups is 1. The van der Waals surface area contributed by atoms with Gasteiger partial charge in [-0.1, -0.05) is 6.08 Å². The van der Waals surface area contributed by atoms with E-state index in [0.717, 1.165) is 16.4 Å². The van der Waals surface area contributed by atoms with Crippen molar-refractivity contribution in [1.29, 1.82) is 0 Å². The number of nitrogens with zero attached hydrogens (tertiary/aromatic N) is 2. The van der Waals surface area contributed by atoms with Crippen LogP contribution in [0, 0.1) is 21.4 Å². The number of non-ortho nitro benzene ring substituents is 1. The van der Waals surface area contributed by atoms with Crippen molar-refractivity contribution in [3.05, 3.63) is 46.5 Å². The minimum atomic E-state index is -3.97. The summed E-state index contributed by atoms with van der Waals surface area (Å²) in [5.41, 5.74) is -0.856. The van der Waals surface area contributed by atoms with Crippen molar-refractivity contribution < 1.29 is 27.6 Å². The van der Waals surface area contributed by atoms with Gasteiger partial charge in [0.2, 0.25) is 10.0 Å². The maximum atomic E-state index is 13.0.